The molecule has 0 aliphatic carbocycles. The molecule has 7 heteroatoms. The second-order valence-corrected chi connectivity index (χ2v) is 10.0. The van der Waals surface area contributed by atoms with Crippen LogP contribution in [0, 0.1) is 0 Å². The molecule has 0 aliphatic rings. The highest BCUT2D eigenvalue weighted by Crippen LogP contribution is 2.25. The van der Waals surface area contributed by atoms with Crippen molar-refractivity contribution in [3.8, 4) is 22.6 Å². The topological polar surface area (TPSA) is 81.0 Å². The van der Waals surface area contributed by atoms with Crippen LogP contribution in [0.25, 0.3) is 22.6 Å². The number of nitrogens with zero attached hydrogens (tertiary/aromatic N) is 4. The van der Waals surface area contributed by atoms with Gasteiger partial charge in [0.15, 0.2) is 5.82 Å². The van der Waals surface area contributed by atoms with Gasteiger partial charge in [0.2, 0.25) is 0 Å². The molecule has 0 fully saturated rings. The molecule has 0 bridgehead atoms. The molecule has 0 atom stereocenters. The first-order valence-corrected chi connectivity index (χ1v) is 11.4. The number of pyridine rings is 1. The van der Waals surface area contributed by atoms with Gasteiger partial charge < -0.3 is 9.76 Å². The molecule has 6 nitrogen and oxygen atoms in total. The van der Waals surface area contributed by atoms with E-state index < -0.39 is 11.2 Å². The Morgan fingerprint density at radius 1 is 0.788 bits per heavy atom. The second kappa shape index (κ2) is 9.70. The molecule has 0 aliphatic heterocycles. The van der Waals surface area contributed by atoms with E-state index in [1.807, 2.05) is 56.4 Å². The summed E-state index contributed by atoms with van der Waals surface area (Å²) >= 11 is 0. The van der Waals surface area contributed by atoms with Crippen LogP contribution in [-0.2, 0) is 4.65 Å². The van der Waals surface area contributed by atoms with E-state index in [2.05, 4.69) is 47.6 Å². The standard InChI is InChI=1S/C26H34BN4O2/c1-16(2)22-29-23(17(3)4)31-24(30-22)19-11-14-21(28-15-19)18-9-12-20(13-10-18)27-33-26(7,8)25(5,6)32/h9-17,32H,1-8H3. The lowest BCUT2D eigenvalue weighted by atomic mass is 9.82. The summed E-state index contributed by atoms with van der Waals surface area (Å²) in [5, 5.41) is 10.2. The van der Waals surface area contributed by atoms with Gasteiger partial charge in [0.25, 0.3) is 0 Å². The molecule has 0 amide bonds. The second-order valence-electron chi connectivity index (χ2n) is 10.0. The van der Waals surface area contributed by atoms with Gasteiger partial charge >= 0.3 is 7.48 Å². The van der Waals surface area contributed by atoms with Crippen LogP contribution in [0.15, 0.2) is 42.6 Å². The summed E-state index contributed by atoms with van der Waals surface area (Å²) in [6.07, 6.45) is 1.81. The van der Waals surface area contributed by atoms with Crippen molar-refractivity contribution < 1.29 is 9.76 Å². The van der Waals surface area contributed by atoms with Crippen molar-refractivity contribution in [2.45, 2.75) is 78.4 Å². The maximum atomic E-state index is 10.2. The van der Waals surface area contributed by atoms with E-state index in [0.29, 0.717) is 5.82 Å². The minimum absolute atomic E-state index is 0.227. The monoisotopic (exact) mass is 445 g/mol. The molecule has 0 unspecified atom stereocenters. The third-order valence-corrected chi connectivity index (χ3v) is 5.89. The molecule has 1 radical (unpaired) electrons. The molecular weight excluding hydrogens is 411 g/mol. The fourth-order valence-electron chi connectivity index (χ4n) is 2.84. The summed E-state index contributed by atoms with van der Waals surface area (Å²) < 4.78 is 5.83. The summed E-state index contributed by atoms with van der Waals surface area (Å²) in [7, 11) is 1.68. The maximum absolute atomic E-state index is 10.2. The zero-order valence-corrected chi connectivity index (χ0v) is 20.9. The Balaban J connectivity index is 1.77. The number of benzene rings is 1. The lowest BCUT2D eigenvalue weighted by molar-refractivity contribution is -0.0893. The van der Waals surface area contributed by atoms with Gasteiger partial charge in [0.1, 0.15) is 11.6 Å². The molecule has 173 valence electrons. The largest absolute Gasteiger partial charge is 0.427 e. The van der Waals surface area contributed by atoms with Gasteiger partial charge in [-0.3, -0.25) is 4.98 Å². The number of hydrogen-bond donors (Lipinski definition) is 1. The highest BCUT2D eigenvalue weighted by Gasteiger charge is 2.35. The minimum atomic E-state index is -0.959. The van der Waals surface area contributed by atoms with Crippen LogP contribution in [0.2, 0.25) is 0 Å². The summed E-state index contributed by atoms with van der Waals surface area (Å²) in [5.41, 5.74) is 1.99. The predicted molar refractivity (Wildman–Crippen MR) is 134 cm³/mol. The third-order valence-electron chi connectivity index (χ3n) is 5.89. The molecule has 33 heavy (non-hydrogen) atoms. The first-order chi connectivity index (χ1) is 15.4. The van der Waals surface area contributed by atoms with E-state index in [-0.39, 0.29) is 11.8 Å². The van der Waals surface area contributed by atoms with Crippen molar-refractivity contribution in [1.82, 2.24) is 19.9 Å². The van der Waals surface area contributed by atoms with E-state index in [4.69, 9.17) is 4.65 Å². The van der Waals surface area contributed by atoms with Crippen molar-refractivity contribution >= 4 is 12.9 Å². The van der Waals surface area contributed by atoms with Gasteiger partial charge in [0, 0.05) is 29.2 Å². The SMILES string of the molecule is CC(C)c1nc(-c2ccc(-c3ccc([B]OC(C)(C)C(C)(C)O)cc3)nc2)nc(C(C)C)n1. The Bertz CT molecular complexity index is 1050. The smallest absolute Gasteiger partial charge is 0.330 e. The van der Waals surface area contributed by atoms with Gasteiger partial charge in [0.05, 0.1) is 16.9 Å². The Labute approximate surface area is 198 Å². The number of aliphatic hydroxyl groups is 1. The van der Waals surface area contributed by atoms with Gasteiger partial charge in [-0.15, -0.1) is 0 Å². The highest BCUT2D eigenvalue weighted by molar-refractivity contribution is 6.47. The quantitative estimate of drug-likeness (QED) is 0.508. The van der Waals surface area contributed by atoms with Crippen molar-refractivity contribution in [3.63, 3.8) is 0 Å². The zero-order valence-electron chi connectivity index (χ0n) is 20.9. The molecule has 1 N–H and O–H groups in total. The van der Waals surface area contributed by atoms with E-state index >= 15 is 0 Å². The van der Waals surface area contributed by atoms with Crippen molar-refractivity contribution in [2.24, 2.45) is 0 Å². The zero-order chi connectivity index (χ0) is 24.4. The van der Waals surface area contributed by atoms with Gasteiger partial charge in [-0.1, -0.05) is 57.4 Å². The highest BCUT2D eigenvalue weighted by atomic mass is 16.5. The molecule has 0 spiro atoms. The summed E-state index contributed by atoms with van der Waals surface area (Å²) in [6, 6.07) is 11.9. The van der Waals surface area contributed by atoms with Crippen LogP contribution in [0.1, 0.15) is 78.9 Å². The number of hydrogen-bond acceptors (Lipinski definition) is 6. The van der Waals surface area contributed by atoms with E-state index in [0.717, 1.165) is 33.9 Å². The third kappa shape index (κ3) is 6.03. The average Bonchev–Trinajstić information content (AvgIpc) is 2.77. The molecule has 3 rings (SSSR count). The van der Waals surface area contributed by atoms with Crippen LogP contribution in [0.3, 0.4) is 0 Å². The first-order valence-electron chi connectivity index (χ1n) is 11.4. The van der Waals surface area contributed by atoms with Crippen molar-refractivity contribution in [1.29, 1.82) is 0 Å². The maximum Gasteiger partial charge on any atom is 0.330 e. The average molecular weight is 445 g/mol. The lowest BCUT2D eigenvalue weighted by Crippen LogP contribution is -2.49. The van der Waals surface area contributed by atoms with Crippen LogP contribution in [-0.4, -0.2) is 43.7 Å². The van der Waals surface area contributed by atoms with E-state index in [9.17, 15) is 5.11 Å². The number of rotatable bonds is 8. The summed E-state index contributed by atoms with van der Waals surface area (Å²) in [6.45, 7) is 15.6. The van der Waals surface area contributed by atoms with E-state index in [1.54, 1.807) is 21.3 Å². The van der Waals surface area contributed by atoms with Gasteiger partial charge in [-0.25, -0.2) is 15.0 Å². The molecule has 2 heterocycles. The number of aromatic nitrogens is 4. The summed E-state index contributed by atoms with van der Waals surface area (Å²) in [4.78, 5) is 18.6. The fraction of sp³-hybridized carbons (Fsp3) is 0.462. The molecular formula is C26H34BN4O2. The predicted octanol–water partition coefficient (Wildman–Crippen LogP) is 4.66. The van der Waals surface area contributed by atoms with E-state index in [1.165, 1.54) is 0 Å². The van der Waals surface area contributed by atoms with Crippen LogP contribution >= 0.6 is 0 Å². The normalized spacial score (nSPS) is 12.5. The Kier molecular flexibility index (Phi) is 7.34. The van der Waals surface area contributed by atoms with Gasteiger partial charge in [-0.05, 0) is 39.8 Å². The molecule has 0 saturated heterocycles. The molecule has 0 saturated carbocycles. The van der Waals surface area contributed by atoms with Crippen LogP contribution in [0.4, 0.5) is 0 Å². The minimum Gasteiger partial charge on any atom is -0.427 e. The Hall–Kier alpha value is -2.64. The molecule has 3 aromatic rings. The first kappa shape index (κ1) is 25.0. The van der Waals surface area contributed by atoms with Gasteiger partial charge in [-0.2, -0.15) is 0 Å². The Morgan fingerprint density at radius 3 is 1.79 bits per heavy atom. The van der Waals surface area contributed by atoms with Crippen LogP contribution < -0.4 is 5.46 Å². The van der Waals surface area contributed by atoms with Crippen molar-refractivity contribution in [3.05, 3.63) is 54.2 Å². The summed E-state index contributed by atoms with van der Waals surface area (Å²) in [5.74, 6) is 2.71. The van der Waals surface area contributed by atoms with Crippen molar-refractivity contribution in [2.75, 3.05) is 0 Å². The molecule has 1 aromatic carbocycles. The fourth-order valence-corrected chi connectivity index (χ4v) is 2.84. The molecule has 2 aromatic heterocycles. The lowest BCUT2D eigenvalue weighted by Gasteiger charge is -2.37. The Morgan fingerprint density at radius 2 is 1.33 bits per heavy atom. The van der Waals surface area contributed by atoms with Crippen LogP contribution in [0.5, 0.6) is 0 Å².